The lowest BCUT2D eigenvalue weighted by Gasteiger charge is -2.30. The first-order valence-corrected chi connectivity index (χ1v) is 14.3. The molecule has 2 amide bonds. The van der Waals surface area contributed by atoms with Crippen molar-refractivity contribution < 1.29 is 19.1 Å². The largest absolute Gasteiger partial charge is 0.361 e. The van der Waals surface area contributed by atoms with Crippen molar-refractivity contribution >= 4 is 36.6 Å². The Hall–Kier alpha value is -2.25. The van der Waals surface area contributed by atoms with Crippen molar-refractivity contribution in [2.45, 2.75) is 51.7 Å². The Morgan fingerprint density at radius 2 is 1.87 bits per heavy atom. The van der Waals surface area contributed by atoms with Crippen molar-refractivity contribution in [2.24, 2.45) is 11.8 Å². The van der Waals surface area contributed by atoms with Crippen LogP contribution in [0.4, 0.5) is 0 Å². The van der Waals surface area contributed by atoms with Crippen molar-refractivity contribution in [3.63, 3.8) is 0 Å². The van der Waals surface area contributed by atoms with E-state index in [1.165, 1.54) is 18.9 Å². The third-order valence-corrected chi connectivity index (χ3v) is 8.29. The number of carbonyl (C=O) groups excluding carboxylic acids is 3. The zero-order valence-corrected chi connectivity index (χ0v) is 19.4. The highest BCUT2D eigenvalue weighted by atomic mass is 28.3. The number of hydrogen-bond donors (Lipinski definition) is 0. The van der Waals surface area contributed by atoms with Crippen LogP contribution in [0.5, 0.6) is 0 Å². The maximum Gasteiger partial charge on any atom is 0.237 e. The number of nitrogens with zero attached hydrogens (tertiary/aromatic N) is 2. The molecule has 2 aliphatic rings. The Morgan fingerprint density at radius 3 is 2.53 bits per heavy atom. The Morgan fingerprint density at radius 1 is 1.17 bits per heavy atom. The summed E-state index contributed by atoms with van der Waals surface area (Å²) in [6, 6.07) is 9.04. The highest BCUT2D eigenvalue weighted by Gasteiger charge is 2.55. The van der Waals surface area contributed by atoms with Gasteiger partial charge in [-0.3, -0.25) is 19.3 Å². The molecule has 1 aromatic heterocycles. The molecule has 1 aliphatic heterocycles. The van der Waals surface area contributed by atoms with E-state index in [2.05, 4.69) is 24.2 Å². The first kappa shape index (κ1) is 21.0. The molecule has 1 fully saturated rings. The molecule has 4 rings (SSSR count). The molecule has 2 heterocycles. The molecule has 0 spiro atoms. The van der Waals surface area contributed by atoms with Crippen LogP contribution in [0.3, 0.4) is 0 Å². The van der Waals surface area contributed by atoms with Gasteiger partial charge in [0, 0.05) is 38.7 Å². The van der Waals surface area contributed by atoms with Crippen LogP contribution in [0, 0.1) is 11.8 Å². The van der Waals surface area contributed by atoms with E-state index in [0.29, 0.717) is 19.8 Å². The monoisotopic (exact) mass is 426 g/mol. The van der Waals surface area contributed by atoms with Gasteiger partial charge in [0.05, 0.1) is 17.4 Å². The van der Waals surface area contributed by atoms with Crippen molar-refractivity contribution in [3.8, 4) is 0 Å². The summed E-state index contributed by atoms with van der Waals surface area (Å²) in [5.74, 6) is -2.15. The average molecular weight is 427 g/mol. The number of para-hydroxylation sites is 1. The van der Waals surface area contributed by atoms with Crippen molar-refractivity contribution in [3.05, 3.63) is 35.5 Å². The van der Waals surface area contributed by atoms with E-state index in [1.807, 2.05) is 24.3 Å². The molecule has 0 N–H and O–H groups in total. The van der Waals surface area contributed by atoms with Gasteiger partial charge in [0.1, 0.15) is 12.5 Å². The number of hydrogen-bond acceptors (Lipinski definition) is 4. The molecule has 6 nitrogen and oxygen atoms in total. The fraction of sp³-hybridized carbons (Fsp3) is 0.522. The highest BCUT2D eigenvalue weighted by molar-refractivity contribution is 6.76. The van der Waals surface area contributed by atoms with Crippen molar-refractivity contribution in [2.75, 3.05) is 13.7 Å². The number of likely N-dealkylation sites (N-methyl/N-ethyl adjacent to an activating group) is 1. The van der Waals surface area contributed by atoms with Crippen LogP contribution >= 0.6 is 0 Å². The first-order valence-electron chi connectivity index (χ1n) is 10.6. The average Bonchev–Trinajstić information content (AvgIpc) is 3.11. The van der Waals surface area contributed by atoms with Crippen molar-refractivity contribution in [1.82, 2.24) is 9.47 Å². The van der Waals surface area contributed by atoms with Gasteiger partial charge in [-0.2, -0.15) is 0 Å². The smallest absolute Gasteiger partial charge is 0.237 e. The second-order valence-corrected chi connectivity index (χ2v) is 15.4. The van der Waals surface area contributed by atoms with Gasteiger partial charge in [0.2, 0.25) is 11.8 Å². The fourth-order valence-electron chi connectivity index (χ4n) is 4.91. The van der Waals surface area contributed by atoms with Crippen LogP contribution in [0.15, 0.2) is 24.3 Å². The summed E-state index contributed by atoms with van der Waals surface area (Å²) in [5, 5.41) is 0.981. The predicted octanol–water partition coefficient (Wildman–Crippen LogP) is 3.41. The number of benzene rings is 1. The number of likely N-dealkylation sites (tertiary alicyclic amines) is 1. The Kier molecular flexibility index (Phi) is 5.22. The first-order chi connectivity index (χ1) is 14.1. The van der Waals surface area contributed by atoms with Gasteiger partial charge in [-0.05, 0) is 31.0 Å². The summed E-state index contributed by atoms with van der Waals surface area (Å²) >= 11 is 0. The third-order valence-electron chi connectivity index (χ3n) is 6.59. The molecular formula is C23H30N2O4Si. The number of carbonyl (C=O) groups is 3. The number of ketones is 1. The molecule has 160 valence electrons. The Labute approximate surface area is 178 Å². The van der Waals surface area contributed by atoms with Gasteiger partial charge < -0.3 is 9.30 Å². The zero-order valence-electron chi connectivity index (χ0n) is 18.4. The van der Waals surface area contributed by atoms with Gasteiger partial charge in [-0.1, -0.05) is 37.8 Å². The van der Waals surface area contributed by atoms with Gasteiger partial charge >= 0.3 is 0 Å². The summed E-state index contributed by atoms with van der Waals surface area (Å²) in [7, 11) is 0.330. The molecule has 30 heavy (non-hydrogen) atoms. The number of rotatable bonds is 6. The maximum absolute atomic E-state index is 13.1. The zero-order chi connectivity index (χ0) is 21.8. The molecular weight excluding hydrogens is 396 g/mol. The van der Waals surface area contributed by atoms with Crippen LogP contribution < -0.4 is 0 Å². The van der Waals surface area contributed by atoms with Gasteiger partial charge in [-0.15, -0.1) is 0 Å². The van der Waals surface area contributed by atoms with Gasteiger partial charge in [-0.25, -0.2) is 0 Å². The van der Waals surface area contributed by atoms with E-state index in [9.17, 15) is 14.4 Å². The Bertz CT molecular complexity index is 1040. The van der Waals surface area contributed by atoms with Crippen LogP contribution in [-0.2, 0) is 32.3 Å². The summed E-state index contributed by atoms with van der Waals surface area (Å²) in [6.45, 7) is 9.57. The molecule has 1 unspecified atom stereocenters. The van der Waals surface area contributed by atoms with E-state index in [-0.39, 0.29) is 17.6 Å². The molecule has 1 aliphatic carbocycles. The lowest BCUT2D eigenvalue weighted by Crippen LogP contribution is -2.37. The summed E-state index contributed by atoms with van der Waals surface area (Å²) in [4.78, 5) is 39.6. The minimum absolute atomic E-state index is 0.0384. The topological polar surface area (TPSA) is 68.6 Å². The number of imide groups is 1. The van der Waals surface area contributed by atoms with Crippen LogP contribution in [0.25, 0.3) is 10.9 Å². The predicted molar refractivity (Wildman–Crippen MR) is 118 cm³/mol. The van der Waals surface area contributed by atoms with E-state index < -0.39 is 25.8 Å². The Balaban J connectivity index is 1.80. The maximum atomic E-state index is 13.1. The van der Waals surface area contributed by atoms with Crippen LogP contribution in [0.1, 0.15) is 24.1 Å². The number of aromatic nitrogens is 1. The summed E-state index contributed by atoms with van der Waals surface area (Å²) in [5.41, 5.74) is 2.86. The minimum Gasteiger partial charge on any atom is -0.361 e. The number of amides is 2. The molecule has 2 aromatic rings. The molecule has 1 saturated heterocycles. The molecule has 0 bridgehead atoms. The fourth-order valence-corrected chi connectivity index (χ4v) is 5.66. The van der Waals surface area contributed by atoms with Crippen molar-refractivity contribution in [1.29, 1.82) is 0 Å². The van der Waals surface area contributed by atoms with E-state index in [0.717, 1.165) is 28.2 Å². The van der Waals surface area contributed by atoms with Gasteiger partial charge in [0.15, 0.2) is 0 Å². The number of Topliss-reactive ketones (excluding diaryl/α,β-unsaturated/α-hetero) is 1. The summed E-state index contributed by atoms with van der Waals surface area (Å²) < 4.78 is 8.16. The van der Waals surface area contributed by atoms with E-state index >= 15 is 0 Å². The van der Waals surface area contributed by atoms with Gasteiger partial charge in [0.25, 0.3) is 0 Å². The molecule has 3 atom stereocenters. The molecule has 0 saturated carbocycles. The van der Waals surface area contributed by atoms with E-state index in [4.69, 9.17) is 4.74 Å². The van der Waals surface area contributed by atoms with Crippen LogP contribution in [0.2, 0.25) is 25.7 Å². The molecule has 0 radical (unpaired) electrons. The normalized spacial score (nSPS) is 23.8. The lowest BCUT2D eigenvalue weighted by molar-refractivity contribution is -0.139. The minimum atomic E-state index is -1.20. The highest BCUT2D eigenvalue weighted by Crippen LogP contribution is 2.49. The quantitative estimate of drug-likeness (QED) is 0.403. The summed E-state index contributed by atoms with van der Waals surface area (Å²) in [6.07, 6.45) is 0.463. The second kappa shape index (κ2) is 7.46. The SMILES string of the molecule is CC(=O)C1Cc2c(c3ccccc3n2COCC[Si](C)(C)C)[C@H]2C(=O)N(C)C(=O)[C@@H]12. The second-order valence-electron chi connectivity index (χ2n) is 9.81. The molecule has 1 aromatic carbocycles. The number of ether oxygens (including phenoxy) is 1. The number of fused-ring (bicyclic) bond motifs is 5. The van der Waals surface area contributed by atoms with E-state index in [1.54, 1.807) is 0 Å². The third kappa shape index (κ3) is 3.34. The standard InChI is InChI=1S/C23H30N2O4Si/c1-14(26)16-12-18-19(21-20(16)22(27)24(2)23(21)28)15-8-6-7-9-17(15)25(18)13-29-10-11-30(3,4)5/h6-9,16,20-21H,10-13H2,1-5H3/t16?,20-,21+/m0/s1. The van der Waals surface area contributed by atoms with Crippen LogP contribution in [-0.4, -0.2) is 48.8 Å². The molecule has 7 heteroatoms. The lowest BCUT2D eigenvalue weighted by atomic mass is 9.70.